The van der Waals surface area contributed by atoms with Gasteiger partial charge in [0.1, 0.15) is 22.3 Å². The van der Waals surface area contributed by atoms with Crippen molar-refractivity contribution < 1.29 is 8.83 Å². The van der Waals surface area contributed by atoms with Crippen LogP contribution in [0.25, 0.3) is 76.5 Å². The van der Waals surface area contributed by atoms with Crippen LogP contribution in [-0.2, 0) is 0 Å². The normalized spacial score (nSPS) is 11.7. The van der Waals surface area contributed by atoms with E-state index in [1.54, 1.807) is 0 Å². The van der Waals surface area contributed by atoms with E-state index in [9.17, 15) is 0 Å². The Bertz CT molecular complexity index is 3490. The number of para-hydroxylation sites is 4. The molecule has 0 atom stereocenters. The van der Waals surface area contributed by atoms with E-state index in [0.29, 0.717) is 0 Å². The molecule has 282 valence electrons. The van der Waals surface area contributed by atoms with Gasteiger partial charge in [-0.1, -0.05) is 127 Å². The van der Waals surface area contributed by atoms with Crippen molar-refractivity contribution in [2.75, 3.05) is 9.80 Å². The molecule has 0 amide bonds. The van der Waals surface area contributed by atoms with E-state index in [1.165, 1.54) is 10.8 Å². The van der Waals surface area contributed by atoms with Crippen LogP contribution in [0.3, 0.4) is 0 Å². The monoisotopic (exact) mass is 768 g/mol. The van der Waals surface area contributed by atoms with Crippen molar-refractivity contribution in [2.24, 2.45) is 0 Å². The third-order valence-electron chi connectivity index (χ3n) is 11.8. The van der Waals surface area contributed by atoms with Gasteiger partial charge < -0.3 is 18.6 Å². The van der Waals surface area contributed by atoms with Crippen LogP contribution in [0, 0.1) is 0 Å². The van der Waals surface area contributed by atoms with Gasteiger partial charge in [0.15, 0.2) is 0 Å². The lowest BCUT2D eigenvalue weighted by Gasteiger charge is -2.26. The highest BCUT2D eigenvalue weighted by molar-refractivity contribution is 6.30. The first-order valence-electron chi connectivity index (χ1n) is 20.3. The highest BCUT2D eigenvalue weighted by atomic mass is 16.3. The molecule has 10 aromatic carbocycles. The molecule has 12 rings (SSSR count). The first kappa shape index (κ1) is 34.0. The van der Waals surface area contributed by atoms with Crippen LogP contribution in [0.1, 0.15) is 0 Å². The highest BCUT2D eigenvalue weighted by Gasteiger charge is 2.20. The second kappa shape index (κ2) is 13.8. The lowest BCUT2D eigenvalue weighted by atomic mass is 9.96. The number of furan rings is 2. The Morgan fingerprint density at radius 2 is 0.667 bits per heavy atom. The molecule has 0 saturated carbocycles. The summed E-state index contributed by atoms with van der Waals surface area (Å²) in [6.45, 7) is 0. The fourth-order valence-electron chi connectivity index (χ4n) is 9.04. The topological polar surface area (TPSA) is 32.8 Å². The van der Waals surface area contributed by atoms with E-state index in [2.05, 4.69) is 210 Å². The maximum atomic E-state index is 6.61. The molecule has 0 aliphatic rings. The van der Waals surface area contributed by atoms with Gasteiger partial charge in [-0.2, -0.15) is 0 Å². The van der Waals surface area contributed by atoms with E-state index in [4.69, 9.17) is 8.83 Å². The molecular weight excluding hydrogens is 733 g/mol. The van der Waals surface area contributed by atoms with Gasteiger partial charge in [-0.25, -0.2) is 0 Å². The van der Waals surface area contributed by atoms with Gasteiger partial charge in [0.2, 0.25) is 0 Å². The van der Waals surface area contributed by atoms with Crippen LogP contribution in [0.15, 0.2) is 227 Å². The fraction of sp³-hybridized carbons (Fsp3) is 0. The van der Waals surface area contributed by atoms with Crippen LogP contribution >= 0.6 is 0 Å². The number of benzene rings is 10. The number of fused-ring (bicyclic) bond motifs is 11. The second-order valence-electron chi connectivity index (χ2n) is 15.3. The van der Waals surface area contributed by atoms with Crippen LogP contribution in [0.4, 0.5) is 34.1 Å². The second-order valence-corrected chi connectivity index (χ2v) is 15.3. The third kappa shape index (κ3) is 5.53. The molecule has 0 radical (unpaired) electrons. The van der Waals surface area contributed by atoms with Gasteiger partial charge in [0, 0.05) is 67.1 Å². The molecule has 60 heavy (non-hydrogen) atoms. The molecule has 2 aromatic heterocycles. The summed E-state index contributed by atoms with van der Waals surface area (Å²) in [6, 6.07) is 77.3. The zero-order valence-electron chi connectivity index (χ0n) is 32.5. The molecule has 0 N–H and O–H groups in total. The molecule has 0 fully saturated rings. The molecule has 0 saturated heterocycles. The van der Waals surface area contributed by atoms with Crippen molar-refractivity contribution in [3.05, 3.63) is 218 Å². The van der Waals surface area contributed by atoms with Crippen LogP contribution < -0.4 is 9.80 Å². The molecule has 0 aliphatic carbocycles. The Hall–Kier alpha value is -8.08. The van der Waals surface area contributed by atoms with Crippen molar-refractivity contribution in [2.45, 2.75) is 0 Å². The van der Waals surface area contributed by atoms with E-state index in [1.807, 2.05) is 18.2 Å². The third-order valence-corrected chi connectivity index (χ3v) is 11.8. The molecule has 0 spiro atoms. The molecular formula is C56H36N2O2. The molecule has 2 heterocycles. The van der Waals surface area contributed by atoms with Crippen molar-refractivity contribution in [1.29, 1.82) is 0 Å². The number of hydrogen-bond acceptors (Lipinski definition) is 4. The Morgan fingerprint density at radius 1 is 0.250 bits per heavy atom. The van der Waals surface area contributed by atoms with E-state index >= 15 is 0 Å². The highest BCUT2D eigenvalue weighted by Crippen LogP contribution is 2.45. The first-order valence-corrected chi connectivity index (χ1v) is 20.3. The molecule has 4 nitrogen and oxygen atoms in total. The summed E-state index contributed by atoms with van der Waals surface area (Å²) in [5, 5.41) is 9.09. The van der Waals surface area contributed by atoms with Gasteiger partial charge in [-0.3, -0.25) is 0 Å². The van der Waals surface area contributed by atoms with Crippen LogP contribution in [0.5, 0.6) is 0 Å². The quantitative estimate of drug-likeness (QED) is 0.151. The van der Waals surface area contributed by atoms with Crippen LogP contribution in [-0.4, -0.2) is 0 Å². The predicted octanol–water partition coefficient (Wildman–Crippen LogP) is 16.4. The summed E-state index contributed by atoms with van der Waals surface area (Å²) in [7, 11) is 0. The lowest BCUT2D eigenvalue weighted by Crippen LogP contribution is -2.10. The van der Waals surface area contributed by atoms with Gasteiger partial charge in [-0.15, -0.1) is 0 Å². The molecule has 0 bridgehead atoms. The van der Waals surface area contributed by atoms with Gasteiger partial charge >= 0.3 is 0 Å². The zero-order chi connectivity index (χ0) is 39.6. The average Bonchev–Trinajstić information content (AvgIpc) is 3.90. The van der Waals surface area contributed by atoms with E-state index in [0.717, 1.165) is 99.9 Å². The summed E-state index contributed by atoms with van der Waals surface area (Å²) < 4.78 is 13.1. The number of nitrogens with zero attached hydrogens (tertiary/aromatic N) is 2. The summed E-state index contributed by atoms with van der Waals surface area (Å²) in [5.41, 5.74) is 12.2. The smallest absolute Gasteiger partial charge is 0.143 e. The summed E-state index contributed by atoms with van der Waals surface area (Å²) in [4.78, 5) is 4.62. The summed E-state index contributed by atoms with van der Waals surface area (Å²) >= 11 is 0. The largest absolute Gasteiger partial charge is 0.456 e. The zero-order valence-corrected chi connectivity index (χ0v) is 32.5. The van der Waals surface area contributed by atoms with Crippen molar-refractivity contribution >= 4 is 99.5 Å². The molecule has 4 heteroatoms. The Balaban J connectivity index is 0.993. The number of rotatable bonds is 7. The fourth-order valence-corrected chi connectivity index (χ4v) is 9.04. The lowest BCUT2D eigenvalue weighted by molar-refractivity contribution is 0.669. The van der Waals surface area contributed by atoms with E-state index < -0.39 is 0 Å². The van der Waals surface area contributed by atoms with Crippen molar-refractivity contribution in [3.63, 3.8) is 0 Å². The van der Waals surface area contributed by atoms with Crippen molar-refractivity contribution in [1.82, 2.24) is 0 Å². The number of hydrogen-bond donors (Lipinski definition) is 0. The molecule has 0 aliphatic heterocycles. The predicted molar refractivity (Wildman–Crippen MR) is 251 cm³/mol. The Kier molecular flexibility index (Phi) is 7.82. The minimum atomic E-state index is 0.852. The minimum absolute atomic E-state index is 0.852. The summed E-state index contributed by atoms with van der Waals surface area (Å²) in [5.74, 6) is 0. The standard InChI is InChI=1S/C56H36N2O2/c1-3-13-39(14-4-1)57(40-15-5-2-6-16-40)41-27-23-37(24-28-41)38-25-29-42(30-26-38)58(44-32-34-48-47-18-9-11-21-52(47)59-54(48)36-44)43-31-33-46-45-17-7-8-19-49(45)56-55(51(46)35-43)50-20-10-12-22-53(50)60-56/h1-36H. The number of anilines is 6. The average molecular weight is 769 g/mol. The molecule has 12 aromatic rings. The Labute approximate surface area is 346 Å². The van der Waals surface area contributed by atoms with E-state index in [-0.39, 0.29) is 0 Å². The maximum Gasteiger partial charge on any atom is 0.143 e. The minimum Gasteiger partial charge on any atom is -0.456 e. The van der Waals surface area contributed by atoms with Gasteiger partial charge in [0.25, 0.3) is 0 Å². The summed E-state index contributed by atoms with van der Waals surface area (Å²) in [6.07, 6.45) is 0. The van der Waals surface area contributed by atoms with Gasteiger partial charge in [-0.05, 0) is 112 Å². The maximum absolute atomic E-state index is 6.61. The van der Waals surface area contributed by atoms with Crippen LogP contribution in [0.2, 0.25) is 0 Å². The first-order chi connectivity index (χ1) is 29.7. The molecule has 0 unspecified atom stereocenters. The van der Waals surface area contributed by atoms with Gasteiger partial charge in [0.05, 0.1) is 0 Å². The SMILES string of the molecule is c1ccc(N(c2ccccc2)c2ccc(-c3ccc(N(c4ccc5c(c4)oc4ccccc45)c4ccc5c6ccccc6c6oc7ccccc7c6c5c4)cc3)cc2)cc1. The van der Waals surface area contributed by atoms with Crippen molar-refractivity contribution in [3.8, 4) is 11.1 Å². The Morgan fingerprint density at radius 3 is 1.30 bits per heavy atom.